The van der Waals surface area contributed by atoms with Gasteiger partial charge in [0, 0.05) is 32.1 Å². The minimum atomic E-state index is -0.320. The molecule has 0 atom stereocenters. The molecule has 0 aromatic heterocycles. The molecule has 0 bridgehead atoms. The summed E-state index contributed by atoms with van der Waals surface area (Å²) in [6, 6.07) is 6.18. The molecule has 1 aromatic rings. The molecule has 7 heteroatoms. The molecule has 5 nitrogen and oxygen atoms in total. The molecule has 1 N–H and O–H groups in total. The highest BCUT2D eigenvalue weighted by Crippen LogP contribution is 2.17. The third kappa shape index (κ3) is 5.42. The molecular formula is C19H27ClFN3O2. The number of hydrogen-bond acceptors (Lipinski definition) is 3. The fourth-order valence-corrected chi connectivity index (χ4v) is 3.65. The maximum atomic E-state index is 13.3. The van der Waals surface area contributed by atoms with Crippen molar-refractivity contribution in [1.82, 2.24) is 15.1 Å². The van der Waals surface area contributed by atoms with Crippen LogP contribution in [0.3, 0.4) is 0 Å². The third-order valence-corrected chi connectivity index (χ3v) is 5.09. The molecule has 0 saturated carbocycles. The number of amides is 2. The minimum Gasteiger partial charge on any atom is -0.341 e. The first-order chi connectivity index (χ1) is 12.1. The highest BCUT2D eigenvalue weighted by Gasteiger charge is 2.28. The summed E-state index contributed by atoms with van der Waals surface area (Å²) in [5.74, 6) is 0.0402. The topological polar surface area (TPSA) is 52.7 Å². The number of piperidine rings is 1. The van der Waals surface area contributed by atoms with Gasteiger partial charge in [-0.2, -0.15) is 0 Å². The highest BCUT2D eigenvalue weighted by atomic mass is 35.5. The molecule has 144 valence electrons. The van der Waals surface area contributed by atoms with E-state index in [1.54, 1.807) is 17.0 Å². The number of nitrogens with one attached hydrogen (secondary N) is 1. The quantitative estimate of drug-likeness (QED) is 0.866. The van der Waals surface area contributed by atoms with Crippen LogP contribution in [0, 0.1) is 11.7 Å². The average molecular weight is 384 g/mol. The second-order valence-corrected chi connectivity index (χ2v) is 6.89. The fourth-order valence-electron chi connectivity index (χ4n) is 3.65. The van der Waals surface area contributed by atoms with Crippen LogP contribution in [0.2, 0.25) is 0 Å². The van der Waals surface area contributed by atoms with Crippen LogP contribution in [0.5, 0.6) is 0 Å². The van der Waals surface area contributed by atoms with Gasteiger partial charge in [0.15, 0.2) is 0 Å². The first-order valence-corrected chi connectivity index (χ1v) is 9.15. The van der Waals surface area contributed by atoms with Gasteiger partial charge < -0.3 is 15.1 Å². The van der Waals surface area contributed by atoms with Gasteiger partial charge in [0.1, 0.15) is 5.82 Å². The van der Waals surface area contributed by atoms with E-state index in [9.17, 15) is 14.0 Å². The maximum absolute atomic E-state index is 13.3. The minimum absolute atomic E-state index is 0. The van der Waals surface area contributed by atoms with Crippen molar-refractivity contribution in [3.8, 4) is 0 Å². The van der Waals surface area contributed by atoms with Crippen LogP contribution in [-0.4, -0.2) is 60.9 Å². The van der Waals surface area contributed by atoms with Gasteiger partial charge in [0.25, 0.3) is 0 Å². The molecule has 26 heavy (non-hydrogen) atoms. The first kappa shape index (κ1) is 20.6. The summed E-state index contributed by atoms with van der Waals surface area (Å²) in [6.45, 7) is 4.34. The van der Waals surface area contributed by atoms with E-state index in [-0.39, 0.29) is 42.4 Å². The Morgan fingerprint density at radius 1 is 1.08 bits per heavy atom. The molecule has 0 aliphatic carbocycles. The van der Waals surface area contributed by atoms with Crippen molar-refractivity contribution in [2.45, 2.75) is 25.7 Å². The van der Waals surface area contributed by atoms with Gasteiger partial charge in [-0.05, 0) is 50.0 Å². The largest absolute Gasteiger partial charge is 0.341 e. The second kappa shape index (κ2) is 9.88. The summed E-state index contributed by atoms with van der Waals surface area (Å²) in [6.07, 6.45) is 2.81. The molecule has 0 radical (unpaired) electrons. The van der Waals surface area contributed by atoms with Crippen molar-refractivity contribution in [3.63, 3.8) is 0 Å². The van der Waals surface area contributed by atoms with Crippen LogP contribution >= 0.6 is 12.4 Å². The summed E-state index contributed by atoms with van der Waals surface area (Å²) >= 11 is 0. The summed E-state index contributed by atoms with van der Waals surface area (Å²) in [5.41, 5.74) is 0.692. The van der Waals surface area contributed by atoms with E-state index in [0.717, 1.165) is 32.4 Å². The van der Waals surface area contributed by atoms with Gasteiger partial charge in [0.2, 0.25) is 11.8 Å². The Morgan fingerprint density at radius 3 is 2.50 bits per heavy atom. The number of benzene rings is 1. The molecule has 3 rings (SSSR count). The zero-order valence-corrected chi connectivity index (χ0v) is 15.8. The fraction of sp³-hybridized carbons (Fsp3) is 0.579. The average Bonchev–Trinajstić information content (AvgIpc) is 2.88. The molecule has 1 aromatic carbocycles. The van der Waals surface area contributed by atoms with Crippen molar-refractivity contribution in [1.29, 1.82) is 0 Å². The summed E-state index contributed by atoms with van der Waals surface area (Å²) < 4.78 is 13.3. The van der Waals surface area contributed by atoms with E-state index in [1.807, 2.05) is 4.90 Å². The Labute approximate surface area is 160 Å². The second-order valence-electron chi connectivity index (χ2n) is 6.89. The number of rotatable bonds is 3. The van der Waals surface area contributed by atoms with Gasteiger partial charge in [-0.15, -0.1) is 12.4 Å². The molecule has 2 aliphatic heterocycles. The monoisotopic (exact) mass is 383 g/mol. The zero-order chi connectivity index (χ0) is 17.6. The third-order valence-electron chi connectivity index (χ3n) is 5.09. The van der Waals surface area contributed by atoms with Crippen molar-refractivity contribution in [3.05, 3.63) is 35.6 Å². The Morgan fingerprint density at radius 2 is 1.77 bits per heavy atom. The lowest BCUT2D eigenvalue weighted by molar-refractivity contribution is -0.137. The predicted octanol–water partition coefficient (Wildman–Crippen LogP) is 1.85. The van der Waals surface area contributed by atoms with Crippen LogP contribution in [-0.2, 0) is 16.0 Å². The van der Waals surface area contributed by atoms with Crippen LogP contribution in [0.25, 0.3) is 0 Å². The molecular weight excluding hydrogens is 357 g/mol. The molecule has 2 amide bonds. The van der Waals surface area contributed by atoms with Gasteiger partial charge in [0.05, 0.1) is 6.42 Å². The standard InChI is InChI=1S/C19H26FN3O2.ClH/c20-17-4-1-3-15(13-17)14-18(24)22-9-2-10-23(12-11-22)19(25)16-5-7-21-8-6-16;/h1,3-4,13,16,21H,2,5-12,14H2;1H. The van der Waals surface area contributed by atoms with Crippen molar-refractivity contribution >= 4 is 24.2 Å². The van der Waals surface area contributed by atoms with Crippen LogP contribution in [0.1, 0.15) is 24.8 Å². The lowest BCUT2D eigenvalue weighted by Gasteiger charge is -2.28. The molecule has 2 fully saturated rings. The molecule has 2 heterocycles. The lowest BCUT2D eigenvalue weighted by atomic mass is 9.96. The van der Waals surface area contributed by atoms with Gasteiger partial charge in [-0.1, -0.05) is 12.1 Å². The summed E-state index contributed by atoms with van der Waals surface area (Å²) in [5, 5.41) is 3.28. The van der Waals surface area contributed by atoms with Gasteiger partial charge in [-0.25, -0.2) is 4.39 Å². The SMILES string of the molecule is Cl.O=C(Cc1cccc(F)c1)N1CCCN(C(=O)C2CCNCC2)CC1. The predicted molar refractivity (Wildman–Crippen MR) is 101 cm³/mol. The summed E-state index contributed by atoms with van der Waals surface area (Å²) in [7, 11) is 0. The molecule has 0 spiro atoms. The van der Waals surface area contributed by atoms with E-state index in [4.69, 9.17) is 0 Å². The van der Waals surface area contributed by atoms with Crippen molar-refractivity contribution in [2.24, 2.45) is 5.92 Å². The number of carbonyl (C=O) groups excluding carboxylic acids is 2. The van der Waals surface area contributed by atoms with Crippen molar-refractivity contribution in [2.75, 3.05) is 39.3 Å². The molecule has 2 aliphatic rings. The Bertz CT molecular complexity index is 623. The Balaban J connectivity index is 0.00000243. The smallest absolute Gasteiger partial charge is 0.227 e. The van der Waals surface area contributed by atoms with Crippen LogP contribution < -0.4 is 5.32 Å². The molecule has 0 unspecified atom stereocenters. The van der Waals surface area contributed by atoms with Gasteiger partial charge in [-0.3, -0.25) is 9.59 Å². The normalized spacial score (nSPS) is 18.8. The van der Waals surface area contributed by atoms with Crippen LogP contribution in [0.15, 0.2) is 24.3 Å². The van der Waals surface area contributed by atoms with E-state index in [1.165, 1.54) is 12.1 Å². The lowest BCUT2D eigenvalue weighted by Crippen LogP contribution is -2.43. The van der Waals surface area contributed by atoms with Crippen LogP contribution in [0.4, 0.5) is 4.39 Å². The first-order valence-electron chi connectivity index (χ1n) is 9.15. The van der Waals surface area contributed by atoms with E-state index >= 15 is 0 Å². The van der Waals surface area contributed by atoms with Crippen molar-refractivity contribution < 1.29 is 14.0 Å². The number of nitrogens with zero attached hydrogens (tertiary/aromatic N) is 2. The van der Waals surface area contributed by atoms with E-state index < -0.39 is 0 Å². The number of carbonyl (C=O) groups is 2. The van der Waals surface area contributed by atoms with E-state index in [0.29, 0.717) is 31.7 Å². The molecule has 2 saturated heterocycles. The Hall–Kier alpha value is -1.66. The number of hydrogen-bond donors (Lipinski definition) is 1. The van der Waals surface area contributed by atoms with Gasteiger partial charge >= 0.3 is 0 Å². The Kier molecular flexibility index (Phi) is 7.85. The highest BCUT2D eigenvalue weighted by molar-refractivity contribution is 5.85. The number of halogens is 2. The summed E-state index contributed by atoms with van der Waals surface area (Å²) in [4.78, 5) is 28.9. The van der Waals surface area contributed by atoms with E-state index in [2.05, 4.69) is 5.32 Å². The maximum Gasteiger partial charge on any atom is 0.227 e. The zero-order valence-electron chi connectivity index (χ0n) is 15.0.